The first-order valence-electron chi connectivity index (χ1n) is 9.77. The Morgan fingerprint density at radius 2 is 2.23 bits per heavy atom. The quantitative estimate of drug-likeness (QED) is 0.590. The summed E-state index contributed by atoms with van der Waals surface area (Å²) in [7, 11) is 1.99. The number of aryl methyl sites for hydroxylation is 1. The summed E-state index contributed by atoms with van der Waals surface area (Å²) in [5, 5.41) is 3.18. The summed E-state index contributed by atoms with van der Waals surface area (Å²) in [6, 6.07) is 4.10. The van der Waals surface area contributed by atoms with Crippen molar-refractivity contribution in [3.8, 4) is 5.75 Å². The van der Waals surface area contributed by atoms with Gasteiger partial charge in [0.2, 0.25) is 6.67 Å². The highest BCUT2D eigenvalue weighted by molar-refractivity contribution is 7.18. The van der Waals surface area contributed by atoms with Crippen LogP contribution in [-0.4, -0.2) is 64.9 Å². The van der Waals surface area contributed by atoms with Crippen LogP contribution in [0.2, 0.25) is 0 Å². The number of likely N-dealkylation sites (N-methyl/N-ethyl adjacent to an activating group) is 1. The molecule has 0 fully saturated rings. The van der Waals surface area contributed by atoms with Gasteiger partial charge >= 0.3 is 0 Å². The molecule has 4 rings (SSSR count). The maximum Gasteiger partial charge on any atom is 0.262 e. The van der Waals surface area contributed by atoms with Crippen molar-refractivity contribution in [1.29, 1.82) is 0 Å². The topological polar surface area (TPSA) is 70.4 Å². The number of rotatable bonds is 6. The average Bonchev–Trinajstić information content (AvgIpc) is 3.15. The molecule has 0 bridgehead atoms. The molecule has 1 N–H and O–H groups in total. The zero-order chi connectivity index (χ0) is 22.0. The Morgan fingerprint density at radius 3 is 3.00 bits per heavy atom. The summed E-state index contributed by atoms with van der Waals surface area (Å²) < 4.78 is 36.5. The molecular formula is C21H22F2N5O2S+. The Balaban J connectivity index is 1.45. The first kappa shape index (κ1) is 21.3. The average molecular weight is 447 g/mol. The van der Waals surface area contributed by atoms with Crippen molar-refractivity contribution < 1.29 is 22.9 Å². The molecule has 10 heteroatoms. The number of pyridine rings is 1. The number of nitrogens with one attached hydrogen (secondary N) is 1. The van der Waals surface area contributed by atoms with Crippen LogP contribution in [0.3, 0.4) is 0 Å². The Kier molecular flexibility index (Phi) is 6.19. The van der Waals surface area contributed by atoms with Gasteiger partial charge in [-0.15, -0.1) is 0 Å². The number of amides is 1. The van der Waals surface area contributed by atoms with E-state index in [9.17, 15) is 13.6 Å². The van der Waals surface area contributed by atoms with E-state index in [1.807, 2.05) is 30.8 Å². The predicted molar refractivity (Wildman–Crippen MR) is 114 cm³/mol. The summed E-state index contributed by atoms with van der Waals surface area (Å²) in [5.74, 6) is -3.01. The van der Waals surface area contributed by atoms with Crippen LogP contribution in [0.4, 0.5) is 8.78 Å². The molecule has 1 aliphatic rings. The van der Waals surface area contributed by atoms with Gasteiger partial charge in [0.05, 0.1) is 13.1 Å². The van der Waals surface area contributed by atoms with Crippen molar-refractivity contribution in [2.45, 2.75) is 13.5 Å². The van der Waals surface area contributed by atoms with Gasteiger partial charge in [-0.25, -0.2) is 23.3 Å². The highest BCUT2D eigenvalue weighted by atomic mass is 32.1. The molecule has 0 saturated heterocycles. The summed E-state index contributed by atoms with van der Waals surface area (Å²) in [5.41, 5.74) is 1.07. The van der Waals surface area contributed by atoms with Crippen LogP contribution in [-0.2, 0) is 6.61 Å². The molecule has 3 aromatic rings. The molecular weight excluding hydrogens is 424 g/mol. The molecule has 162 valence electrons. The number of ether oxygens (including phenoxy) is 1. The van der Waals surface area contributed by atoms with E-state index in [0.29, 0.717) is 5.01 Å². The van der Waals surface area contributed by atoms with Gasteiger partial charge in [-0.3, -0.25) is 15.0 Å². The van der Waals surface area contributed by atoms with Crippen LogP contribution < -0.4 is 10.1 Å². The Bertz CT molecular complexity index is 1160. The molecule has 0 atom stereocenters. The van der Waals surface area contributed by atoms with E-state index in [0.717, 1.165) is 41.6 Å². The minimum atomic E-state index is -1.03. The van der Waals surface area contributed by atoms with E-state index in [4.69, 9.17) is 4.74 Å². The number of fused-ring (bicyclic) bond motifs is 1. The highest BCUT2D eigenvalue weighted by Gasteiger charge is 2.23. The second-order valence-electron chi connectivity index (χ2n) is 7.39. The fourth-order valence-electron chi connectivity index (χ4n) is 3.16. The lowest BCUT2D eigenvalue weighted by molar-refractivity contribution is -0.531. The van der Waals surface area contributed by atoms with Crippen molar-refractivity contribution >= 4 is 33.8 Å². The molecule has 1 amide bonds. The molecule has 2 aromatic heterocycles. The van der Waals surface area contributed by atoms with Crippen molar-refractivity contribution in [3.05, 3.63) is 52.2 Å². The smallest absolute Gasteiger partial charge is 0.262 e. The number of hydrogen-bond donors (Lipinski definition) is 1. The van der Waals surface area contributed by atoms with E-state index in [2.05, 4.69) is 20.2 Å². The molecule has 1 aliphatic heterocycles. The largest absolute Gasteiger partial charge is 0.483 e. The van der Waals surface area contributed by atoms with Crippen molar-refractivity contribution in [1.82, 2.24) is 20.2 Å². The number of nitrogens with zero attached hydrogens (tertiary/aromatic N) is 4. The number of hydrogen-bond acceptors (Lipinski definition) is 6. The number of halogens is 2. The molecule has 3 heterocycles. The second kappa shape index (κ2) is 9.03. The Labute approximate surface area is 182 Å². The zero-order valence-corrected chi connectivity index (χ0v) is 18.0. The van der Waals surface area contributed by atoms with Gasteiger partial charge < -0.3 is 4.74 Å². The standard InChI is InChI=1S/C21H21F2N5O2S/c1-13-9-15-21(24-10-13)31-17(26-15)11-30-16-4-3-14(22)18(19(16)23)20(29)25-12-28-7-5-27(2)6-8-28/h3-4,7,9-10H,5-6,8,11-12H2,1-2H3/p+1. The molecule has 1 aromatic carbocycles. The first-order valence-corrected chi connectivity index (χ1v) is 10.6. The van der Waals surface area contributed by atoms with Gasteiger partial charge in [-0.05, 0) is 37.7 Å². The third-order valence-corrected chi connectivity index (χ3v) is 5.88. The molecule has 0 spiro atoms. The van der Waals surface area contributed by atoms with Gasteiger partial charge in [-0.1, -0.05) is 11.3 Å². The van der Waals surface area contributed by atoms with Crippen LogP contribution in [0.15, 0.2) is 24.4 Å². The number of aromatic nitrogens is 2. The maximum atomic E-state index is 14.9. The number of thiazole rings is 1. The minimum Gasteiger partial charge on any atom is -0.483 e. The normalized spacial score (nSPS) is 14.5. The summed E-state index contributed by atoms with van der Waals surface area (Å²) in [4.78, 5) is 24.1. The van der Waals surface area contributed by atoms with Gasteiger partial charge in [0.25, 0.3) is 5.91 Å². The van der Waals surface area contributed by atoms with E-state index >= 15 is 0 Å². The lowest BCUT2D eigenvalue weighted by Gasteiger charge is -2.18. The molecule has 0 saturated carbocycles. The second-order valence-corrected chi connectivity index (χ2v) is 8.45. The Morgan fingerprint density at radius 1 is 1.39 bits per heavy atom. The third-order valence-electron chi connectivity index (χ3n) is 4.93. The monoisotopic (exact) mass is 446 g/mol. The Hall–Kier alpha value is -2.98. The van der Waals surface area contributed by atoms with Gasteiger partial charge in [-0.2, -0.15) is 0 Å². The lowest BCUT2D eigenvalue weighted by atomic mass is 10.1. The fraction of sp³-hybridized carbons (Fsp3) is 0.333. The van der Waals surface area contributed by atoms with Crippen molar-refractivity contribution in [3.63, 3.8) is 0 Å². The van der Waals surface area contributed by atoms with Crippen molar-refractivity contribution in [2.24, 2.45) is 0 Å². The van der Waals surface area contributed by atoms with Crippen LogP contribution in [0.1, 0.15) is 20.9 Å². The van der Waals surface area contributed by atoms with Crippen molar-refractivity contribution in [2.75, 3.05) is 33.4 Å². The lowest BCUT2D eigenvalue weighted by Crippen LogP contribution is -2.42. The number of carbonyl (C=O) groups is 1. The van der Waals surface area contributed by atoms with Gasteiger partial charge in [0.15, 0.2) is 24.3 Å². The molecule has 0 radical (unpaired) electrons. The summed E-state index contributed by atoms with van der Waals surface area (Å²) in [6.07, 6.45) is 3.68. The summed E-state index contributed by atoms with van der Waals surface area (Å²) >= 11 is 1.33. The van der Waals surface area contributed by atoms with Crippen LogP contribution >= 0.6 is 11.3 Å². The predicted octanol–water partition coefficient (Wildman–Crippen LogP) is 2.57. The fourth-order valence-corrected chi connectivity index (χ4v) is 3.96. The van der Waals surface area contributed by atoms with Crippen LogP contribution in [0.5, 0.6) is 5.75 Å². The molecule has 0 aliphatic carbocycles. The number of benzene rings is 1. The third kappa shape index (κ3) is 4.86. The van der Waals surface area contributed by atoms with E-state index in [1.165, 1.54) is 17.4 Å². The zero-order valence-electron chi connectivity index (χ0n) is 17.2. The molecule has 0 unspecified atom stereocenters. The van der Waals surface area contributed by atoms with Gasteiger partial charge in [0.1, 0.15) is 33.3 Å². The molecule has 7 nitrogen and oxygen atoms in total. The van der Waals surface area contributed by atoms with E-state index in [1.54, 1.807) is 6.20 Å². The molecule has 31 heavy (non-hydrogen) atoms. The number of carbonyl (C=O) groups excluding carboxylic acids is 1. The summed E-state index contributed by atoms with van der Waals surface area (Å²) in [6.45, 7) is 4.41. The SMILES string of the molecule is Cc1cnc2sc(COc3ccc(F)c(C(=O)NC[N+]4=CCN(C)CC4)c3F)nc2c1. The van der Waals surface area contributed by atoms with Crippen LogP contribution in [0, 0.1) is 18.6 Å². The van der Waals surface area contributed by atoms with E-state index in [-0.39, 0.29) is 19.0 Å². The highest BCUT2D eigenvalue weighted by Crippen LogP contribution is 2.26. The van der Waals surface area contributed by atoms with Gasteiger partial charge in [0, 0.05) is 6.20 Å². The maximum absolute atomic E-state index is 14.9. The van der Waals surface area contributed by atoms with E-state index < -0.39 is 23.1 Å². The van der Waals surface area contributed by atoms with Crippen LogP contribution in [0.25, 0.3) is 10.3 Å². The first-order chi connectivity index (χ1) is 14.9. The minimum absolute atomic E-state index is 0.0139.